The van der Waals surface area contributed by atoms with Crippen LogP contribution in [0.1, 0.15) is 37.7 Å². The summed E-state index contributed by atoms with van der Waals surface area (Å²) in [5.74, 6) is 0. The Kier molecular flexibility index (Phi) is 1.93. The van der Waals surface area contributed by atoms with Gasteiger partial charge in [0, 0.05) is 5.54 Å². The Hall–Kier alpha value is -0.820. The number of hydrogen-bond acceptors (Lipinski definition) is 1. The van der Waals surface area contributed by atoms with Crippen molar-refractivity contribution in [2.45, 2.75) is 44.1 Å². The summed E-state index contributed by atoms with van der Waals surface area (Å²) in [6, 6.07) is 10.8. The predicted molar refractivity (Wildman–Crippen MR) is 62.6 cm³/mol. The lowest BCUT2D eigenvalue weighted by atomic mass is 9.88. The first-order chi connectivity index (χ1) is 7.24. The lowest BCUT2D eigenvalue weighted by Gasteiger charge is -2.22. The molecule has 80 valence electrons. The van der Waals surface area contributed by atoms with Crippen LogP contribution in [0.4, 0.5) is 0 Å². The quantitative estimate of drug-likeness (QED) is 0.796. The maximum atomic E-state index is 6.35. The van der Waals surface area contributed by atoms with Crippen LogP contribution in [-0.2, 0) is 6.42 Å². The molecule has 0 spiro atoms. The van der Waals surface area contributed by atoms with E-state index in [4.69, 9.17) is 5.73 Å². The van der Waals surface area contributed by atoms with Crippen LogP contribution in [-0.4, -0.2) is 5.54 Å². The summed E-state index contributed by atoms with van der Waals surface area (Å²) in [6.45, 7) is 0. The summed E-state index contributed by atoms with van der Waals surface area (Å²) >= 11 is 0. The third kappa shape index (κ3) is 1.59. The second kappa shape index (κ2) is 3.08. The minimum absolute atomic E-state index is 0.238. The fourth-order valence-corrected chi connectivity index (χ4v) is 2.84. The monoisotopic (exact) mass is 201 g/mol. The Morgan fingerprint density at radius 2 is 1.67 bits per heavy atom. The van der Waals surface area contributed by atoms with E-state index < -0.39 is 0 Å². The van der Waals surface area contributed by atoms with Gasteiger partial charge in [-0.05, 0) is 49.5 Å². The summed E-state index contributed by atoms with van der Waals surface area (Å²) in [6.07, 6.45) is 7.78. The molecule has 0 aromatic heterocycles. The molecule has 0 saturated heterocycles. The normalized spacial score (nSPS) is 24.9. The molecule has 0 amide bonds. The number of nitrogens with two attached hydrogens (primary N) is 1. The van der Waals surface area contributed by atoms with E-state index in [1.165, 1.54) is 44.1 Å². The third-order valence-corrected chi connectivity index (χ3v) is 4.43. The molecule has 2 fully saturated rings. The highest BCUT2D eigenvalue weighted by Crippen LogP contribution is 2.64. The van der Waals surface area contributed by atoms with Crippen LogP contribution in [0.25, 0.3) is 0 Å². The van der Waals surface area contributed by atoms with Crippen molar-refractivity contribution in [3.05, 3.63) is 35.9 Å². The van der Waals surface area contributed by atoms with Crippen LogP contribution < -0.4 is 5.73 Å². The number of benzene rings is 1. The molecule has 1 heteroatoms. The van der Waals surface area contributed by atoms with Crippen molar-refractivity contribution in [2.75, 3.05) is 0 Å². The largest absolute Gasteiger partial charge is 0.325 e. The Balaban J connectivity index is 1.63. The van der Waals surface area contributed by atoms with Gasteiger partial charge in [-0.3, -0.25) is 0 Å². The molecule has 15 heavy (non-hydrogen) atoms. The lowest BCUT2D eigenvalue weighted by Crippen LogP contribution is -2.34. The topological polar surface area (TPSA) is 26.0 Å². The molecule has 0 aliphatic heterocycles. The maximum absolute atomic E-state index is 6.35. The van der Waals surface area contributed by atoms with Crippen LogP contribution in [0, 0.1) is 5.41 Å². The standard InChI is InChI=1S/C14H19N/c15-14(10-11-14)13(8-9-13)7-6-12-4-2-1-3-5-12/h1-5H,6-11,15H2. The third-order valence-electron chi connectivity index (χ3n) is 4.43. The molecule has 2 N–H and O–H groups in total. The van der Waals surface area contributed by atoms with E-state index in [2.05, 4.69) is 30.3 Å². The molecular formula is C14H19N. The van der Waals surface area contributed by atoms with Gasteiger partial charge in [0.1, 0.15) is 0 Å². The molecule has 1 nitrogen and oxygen atoms in total. The summed E-state index contributed by atoms with van der Waals surface area (Å²) in [5, 5.41) is 0. The Labute approximate surface area is 91.7 Å². The van der Waals surface area contributed by atoms with E-state index in [9.17, 15) is 0 Å². The van der Waals surface area contributed by atoms with Gasteiger partial charge in [-0.1, -0.05) is 30.3 Å². The zero-order valence-electron chi connectivity index (χ0n) is 9.21. The van der Waals surface area contributed by atoms with Crippen molar-refractivity contribution in [2.24, 2.45) is 11.1 Å². The van der Waals surface area contributed by atoms with E-state index in [1.807, 2.05) is 0 Å². The van der Waals surface area contributed by atoms with Gasteiger partial charge in [-0.25, -0.2) is 0 Å². The maximum Gasteiger partial charge on any atom is 0.0212 e. The molecule has 2 aliphatic carbocycles. The highest BCUT2D eigenvalue weighted by molar-refractivity contribution is 5.21. The molecule has 3 rings (SSSR count). The average molecular weight is 201 g/mol. The number of hydrogen-bond donors (Lipinski definition) is 1. The molecule has 2 aliphatic rings. The molecule has 0 heterocycles. The van der Waals surface area contributed by atoms with Gasteiger partial charge < -0.3 is 5.73 Å². The molecule has 0 atom stereocenters. The molecule has 1 aromatic carbocycles. The van der Waals surface area contributed by atoms with Gasteiger partial charge >= 0.3 is 0 Å². The Morgan fingerprint density at radius 3 is 2.20 bits per heavy atom. The van der Waals surface area contributed by atoms with Crippen LogP contribution in [0.15, 0.2) is 30.3 Å². The van der Waals surface area contributed by atoms with Gasteiger partial charge in [-0.2, -0.15) is 0 Å². The first-order valence-corrected chi connectivity index (χ1v) is 6.07. The summed E-state index contributed by atoms with van der Waals surface area (Å²) < 4.78 is 0. The van der Waals surface area contributed by atoms with E-state index >= 15 is 0 Å². The Morgan fingerprint density at radius 1 is 1.00 bits per heavy atom. The second-order valence-corrected chi connectivity index (χ2v) is 5.42. The van der Waals surface area contributed by atoms with E-state index in [1.54, 1.807) is 0 Å². The Bertz CT molecular complexity index is 347. The zero-order chi connectivity index (χ0) is 10.4. The van der Waals surface area contributed by atoms with E-state index in [0.717, 1.165) is 0 Å². The van der Waals surface area contributed by atoms with Gasteiger partial charge in [0.2, 0.25) is 0 Å². The highest BCUT2D eigenvalue weighted by atomic mass is 14.9. The SMILES string of the molecule is NC1(C2(CCc3ccccc3)CC2)CC1. The van der Waals surface area contributed by atoms with Gasteiger partial charge in [-0.15, -0.1) is 0 Å². The predicted octanol–water partition coefficient (Wildman–Crippen LogP) is 2.89. The van der Waals surface area contributed by atoms with E-state index in [0.29, 0.717) is 5.41 Å². The minimum Gasteiger partial charge on any atom is -0.325 e. The minimum atomic E-state index is 0.238. The number of rotatable bonds is 4. The van der Waals surface area contributed by atoms with E-state index in [-0.39, 0.29) is 5.54 Å². The van der Waals surface area contributed by atoms with Gasteiger partial charge in [0.05, 0.1) is 0 Å². The smallest absolute Gasteiger partial charge is 0.0212 e. The van der Waals surface area contributed by atoms with Crippen molar-refractivity contribution in [1.82, 2.24) is 0 Å². The summed E-state index contributed by atoms with van der Waals surface area (Å²) in [4.78, 5) is 0. The average Bonchev–Trinajstić information content (AvgIpc) is 3.14. The molecule has 0 radical (unpaired) electrons. The molecule has 0 bridgehead atoms. The molecular weight excluding hydrogens is 182 g/mol. The van der Waals surface area contributed by atoms with Crippen molar-refractivity contribution >= 4 is 0 Å². The number of aryl methyl sites for hydroxylation is 1. The lowest BCUT2D eigenvalue weighted by molar-refractivity contribution is 0.352. The first kappa shape index (κ1) is 9.41. The van der Waals surface area contributed by atoms with Crippen molar-refractivity contribution in [3.8, 4) is 0 Å². The fraction of sp³-hybridized carbons (Fsp3) is 0.571. The van der Waals surface area contributed by atoms with Crippen molar-refractivity contribution < 1.29 is 0 Å². The summed E-state index contributed by atoms with van der Waals surface area (Å²) in [5.41, 5.74) is 8.59. The fourth-order valence-electron chi connectivity index (χ4n) is 2.84. The molecule has 1 aromatic rings. The van der Waals surface area contributed by atoms with Crippen molar-refractivity contribution in [1.29, 1.82) is 0 Å². The van der Waals surface area contributed by atoms with Gasteiger partial charge in [0.25, 0.3) is 0 Å². The van der Waals surface area contributed by atoms with Crippen LogP contribution in [0.2, 0.25) is 0 Å². The van der Waals surface area contributed by atoms with Crippen molar-refractivity contribution in [3.63, 3.8) is 0 Å². The zero-order valence-corrected chi connectivity index (χ0v) is 9.21. The molecule has 2 saturated carbocycles. The highest BCUT2D eigenvalue weighted by Gasteiger charge is 2.62. The van der Waals surface area contributed by atoms with Crippen LogP contribution in [0.3, 0.4) is 0 Å². The van der Waals surface area contributed by atoms with Crippen LogP contribution in [0.5, 0.6) is 0 Å². The summed E-state index contributed by atoms with van der Waals surface area (Å²) in [7, 11) is 0. The first-order valence-electron chi connectivity index (χ1n) is 6.07. The second-order valence-electron chi connectivity index (χ2n) is 5.42. The van der Waals surface area contributed by atoms with Crippen LogP contribution >= 0.6 is 0 Å². The molecule has 0 unspecified atom stereocenters. The van der Waals surface area contributed by atoms with Gasteiger partial charge in [0.15, 0.2) is 0 Å².